The van der Waals surface area contributed by atoms with Crippen molar-refractivity contribution in [3.05, 3.63) is 34.5 Å². The van der Waals surface area contributed by atoms with E-state index in [9.17, 15) is 0 Å². The molecule has 3 rings (SSSR count). The van der Waals surface area contributed by atoms with Gasteiger partial charge in [-0.05, 0) is 46.8 Å². The second-order valence-corrected chi connectivity index (χ2v) is 5.76. The lowest BCUT2D eigenvalue weighted by atomic mass is 9.90. The Morgan fingerprint density at radius 2 is 2.11 bits per heavy atom. The van der Waals surface area contributed by atoms with E-state index in [2.05, 4.69) is 27.4 Å². The lowest BCUT2D eigenvalue weighted by molar-refractivity contribution is 0.0509. The van der Waals surface area contributed by atoms with Gasteiger partial charge in [0.25, 0.3) is 0 Å². The van der Waals surface area contributed by atoms with Gasteiger partial charge in [-0.3, -0.25) is 5.84 Å². The van der Waals surface area contributed by atoms with Crippen LogP contribution in [0.25, 0.3) is 11.0 Å². The van der Waals surface area contributed by atoms with Gasteiger partial charge >= 0.3 is 0 Å². The van der Waals surface area contributed by atoms with Crippen LogP contribution in [0, 0.1) is 5.92 Å². The first-order valence-corrected chi connectivity index (χ1v) is 7.30. The molecule has 2 aromatic rings. The molecule has 0 aliphatic carbocycles. The zero-order valence-electron chi connectivity index (χ0n) is 10.6. The largest absolute Gasteiger partial charge is 0.458 e. The number of furan rings is 1. The van der Waals surface area contributed by atoms with Crippen LogP contribution in [0.3, 0.4) is 0 Å². The van der Waals surface area contributed by atoms with Gasteiger partial charge in [-0.1, -0.05) is 12.1 Å². The van der Waals surface area contributed by atoms with Gasteiger partial charge in [-0.2, -0.15) is 0 Å². The van der Waals surface area contributed by atoms with Crippen LogP contribution in [0.2, 0.25) is 0 Å². The molecular formula is C14H17BrN2O2. The molecule has 0 amide bonds. The maximum atomic E-state index is 5.97. The number of hydrogen-bond donors (Lipinski definition) is 2. The average Bonchev–Trinajstić information content (AvgIpc) is 2.86. The molecule has 1 aromatic carbocycles. The van der Waals surface area contributed by atoms with E-state index < -0.39 is 0 Å². The molecule has 1 unspecified atom stereocenters. The van der Waals surface area contributed by atoms with E-state index in [1.807, 2.05) is 18.2 Å². The van der Waals surface area contributed by atoms with E-state index in [-0.39, 0.29) is 6.04 Å². The first kappa shape index (κ1) is 13.1. The SMILES string of the molecule is NNC(c1cc2cccc(Br)c2o1)C1CCOCC1. The second-order valence-electron chi connectivity index (χ2n) is 4.90. The number of fused-ring (bicyclic) bond motifs is 1. The van der Waals surface area contributed by atoms with Crippen LogP contribution in [0.5, 0.6) is 0 Å². The van der Waals surface area contributed by atoms with Gasteiger partial charge in [0, 0.05) is 18.6 Å². The molecule has 1 fully saturated rings. The van der Waals surface area contributed by atoms with Crippen LogP contribution in [-0.4, -0.2) is 13.2 Å². The molecule has 3 N–H and O–H groups in total. The summed E-state index contributed by atoms with van der Waals surface area (Å²) in [5.74, 6) is 7.09. The zero-order chi connectivity index (χ0) is 13.2. The minimum absolute atomic E-state index is 0.0446. The number of nitrogens with one attached hydrogen (secondary N) is 1. The molecule has 19 heavy (non-hydrogen) atoms. The molecule has 0 bridgehead atoms. The number of hydrogen-bond acceptors (Lipinski definition) is 4. The third-order valence-electron chi connectivity index (χ3n) is 3.74. The maximum Gasteiger partial charge on any atom is 0.148 e. The summed E-state index contributed by atoms with van der Waals surface area (Å²) in [6, 6.07) is 8.15. The van der Waals surface area contributed by atoms with Crippen LogP contribution in [0.4, 0.5) is 0 Å². The highest BCUT2D eigenvalue weighted by Gasteiger charge is 2.27. The fourth-order valence-electron chi connectivity index (χ4n) is 2.70. The topological polar surface area (TPSA) is 60.4 Å². The van der Waals surface area contributed by atoms with E-state index in [0.717, 1.165) is 47.3 Å². The number of rotatable bonds is 3. The molecule has 4 nitrogen and oxygen atoms in total. The lowest BCUT2D eigenvalue weighted by Crippen LogP contribution is -2.35. The number of hydrazine groups is 1. The molecule has 1 atom stereocenters. The van der Waals surface area contributed by atoms with Gasteiger partial charge in [-0.25, -0.2) is 5.43 Å². The number of nitrogens with two attached hydrogens (primary N) is 1. The molecule has 5 heteroatoms. The zero-order valence-corrected chi connectivity index (χ0v) is 12.2. The van der Waals surface area contributed by atoms with Gasteiger partial charge in [0.05, 0.1) is 10.5 Å². The summed E-state index contributed by atoms with van der Waals surface area (Å²) in [7, 11) is 0. The molecule has 2 heterocycles. The highest BCUT2D eigenvalue weighted by molar-refractivity contribution is 9.10. The molecule has 0 saturated carbocycles. The first-order chi connectivity index (χ1) is 9.29. The van der Waals surface area contributed by atoms with Gasteiger partial charge in [0.2, 0.25) is 0 Å². The van der Waals surface area contributed by atoms with E-state index in [1.54, 1.807) is 0 Å². The summed E-state index contributed by atoms with van der Waals surface area (Å²) in [5.41, 5.74) is 3.78. The Hall–Kier alpha value is -0.880. The van der Waals surface area contributed by atoms with Crippen molar-refractivity contribution in [2.45, 2.75) is 18.9 Å². The van der Waals surface area contributed by atoms with Gasteiger partial charge in [0.1, 0.15) is 11.3 Å². The second kappa shape index (κ2) is 5.63. The van der Waals surface area contributed by atoms with E-state index in [0.29, 0.717) is 5.92 Å². The third-order valence-corrected chi connectivity index (χ3v) is 4.36. The molecule has 0 radical (unpaired) electrons. The van der Waals surface area contributed by atoms with Crippen LogP contribution in [0.1, 0.15) is 24.6 Å². The predicted octanol–water partition coefficient (Wildman–Crippen LogP) is 3.13. The molecule has 1 saturated heterocycles. The summed E-state index contributed by atoms with van der Waals surface area (Å²) in [6.07, 6.45) is 2.01. The van der Waals surface area contributed by atoms with Gasteiger partial charge in [-0.15, -0.1) is 0 Å². The molecule has 1 aliphatic rings. The summed E-state index contributed by atoms with van der Waals surface area (Å²) in [6.45, 7) is 1.60. The Bertz CT molecular complexity index is 564. The smallest absolute Gasteiger partial charge is 0.148 e. The summed E-state index contributed by atoms with van der Waals surface area (Å²) >= 11 is 3.51. The average molecular weight is 325 g/mol. The summed E-state index contributed by atoms with van der Waals surface area (Å²) in [5, 5.41) is 1.09. The van der Waals surface area contributed by atoms with E-state index >= 15 is 0 Å². The minimum Gasteiger partial charge on any atom is -0.458 e. The third kappa shape index (κ3) is 2.56. The van der Waals surface area contributed by atoms with Crippen molar-refractivity contribution in [2.24, 2.45) is 11.8 Å². The molecule has 0 spiro atoms. The van der Waals surface area contributed by atoms with Crippen molar-refractivity contribution in [3.63, 3.8) is 0 Å². The van der Waals surface area contributed by atoms with Crippen molar-refractivity contribution in [2.75, 3.05) is 13.2 Å². The molecule has 102 valence electrons. The van der Waals surface area contributed by atoms with Crippen LogP contribution < -0.4 is 11.3 Å². The first-order valence-electron chi connectivity index (χ1n) is 6.51. The highest BCUT2D eigenvalue weighted by Crippen LogP contribution is 2.34. The monoisotopic (exact) mass is 324 g/mol. The summed E-state index contributed by atoms with van der Waals surface area (Å²) < 4.78 is 12.3. The molecule has 1 aromatic heterocycles. The summed E-state index contributed by atoms with van der Waals surface area (Å²) in [4.78, 5) is 0. The van der Waals surface area contributed by atoms with Crippen molar-refractivity contribution >= 4 is 26.9 Å². The van der Waals surface area contributed by atoms with Crippen LogP contribution in [0.15, 0.2) is 33.2 Å². The lowest BCUT2D eigenvalue weighted by Gasteiger charge is -2.28. The van der Waals surface area contributed by atoms with E-state index in [4.69, 9.17) is 15.0 Å². The normalized spacial score (nSPS) is 18.8. The Morgan fingerprint density at radius 3 is 2.79 bits per heavy atom. The molecule has 1 aliphatic heterocycles. The van der Waals surface area contributed by atoms with Gasteiger partial charge in [0.15, 0.2) is 0 Å². The minimum atomic E-state index is 0.0446. The van der Waals surface area contributed by atoms with Crippen LogP contribution in [-0.2, 0) is 4.74 Å². The molecular weight excluding hydrogens is 308 g/mol. The number of ether oxygens (including phenoxy) is 1. The Labute approximate surface area is 120 Å². The fraction of sp³-hybridized carbons (Fsp3) is 0.429. The van der Waals surface area contributed by atoms with Crippen molar-refractivity contribution in [1.82, 2.24) is 5.43 Å². The quantitative estimate of drug-likeness (QED) is 0.672. The Balaban J connectivity index is 1.94. The van der Waals surface area contributed by atoms with E-state index in [1.165, 1.54) is 0 Å². The highest BCUT2D eigenvalue weighted by atomic mass is 79.9. The number of halogens is 1. The maximum absolute atomic E-state index is 5.97. The predicted molar refractivity (Wildman–Crippen MR) is 77.5 cm³/mol. The Morgan fingerprint density at radius 1 is 1.32 bits per heavy atom. The van der Waals surface area contributed by atoms with Crippen molar-refractivity contribution < 1.29 is 9.15 Å². The number of benzene rings is 1. The Kier molecular flexibility index (Phi) is 3.88. The standard InChI is InChI=1S/C14H17BrN2O2/c15-11-3-1-2-10-8-12(19-14(10)11)13(17-16)9-4-6-18-7-5-9/h1-3,8-9,13,17H,4-7,16H2. The van der Waals surface area contributed by atoms with Crippen molar-refractivity contribution in [3.8, 4) is 0 Å². The van der Waals surface area contributed by atoms with Crippen LogP contribution >= 0.6 is 15.9 Å². The van der Waals surface area contributed by atoms with Gasteiger partial charge < -0.3 is 9.15 Å². The van der Waals surface area contributed by atoms with Crippen molar-refractivity contribution in [1.29, 1.82) is 0 Å². The fourth-order valence-corrected chi connectivity index (χ4v) is 3.16. The number of para-hydroxylation sites is 1.